The lowest BCUT2D eigenvalue weighted by Gasteiger charge is -2.04. The van der Waals surface area contributed by atoms with Crippen molar-refractivity contribution >= 4 is 17.7 Å². The van der Waals surface area contributed by atoms with Crippen LogP contribution in [0.3, 0.4) is 0 Å². The van der Waals surface area contributed by atoms with Gasteiger partial charge in [0.15, 0.2) is 0 Å². The van der Waals surface area contributed by atoms with Crippen molar-refractivity contribution in [1.29, 1.82) is 0 Å². The molecular weight excluding hydrogens is 138 g/mol. The minimum absolute atomic E-state index is 0.00231. The van der Waals surface area contributed by atoms with Crippen LogP contribution in [-0.2, 0) is 4.79 Å². The number of thioether (sulfide) groups is 1. The van der Waals surface area contributed by atoms with Gasteiger partial charge in [0.05, 0.1) is 0 Å². The molecule has 0 unspecified atom stereocenters. The normalized spacial score (nSPS) is 11.4. The van der Waals surface area contributed by atoms with Crippen molar-refractivity contribution in [1.82, 2.24) is 0 Å². The second-order valence-corrected chi connectivity index (χ2v) is 1.95. The Kier molecular flexibility index (Phi) is 2.21. The van der Waals surface area contributed by atoms with E-state index >= 15 is 0 Å². The highest BCUT2D eigenvalue weighted by Crippen LogP contribution is 2.25. The first kappa shape index (κ1) is 7.68. The molecule has 0 saturated heterocycles. The maximum Gasteiger partial charge on any atom is 0.388 e. The fraction of sp³-hybridized carbons (Fsp3) is 0.667. The van der Waals surface area contributed by atoms with Gasteiger partial charge in [-0.3, -0.25) is 0 Å². The van der Waals surface area contributed by atoms with Crippen LogP contribution in [0, 0.1) is 0 Å². The molecule has 2 nitrogen and oxygen atoms in total. The Bertz CT molecular complexity index is 103. The van der Waals surface area contributed by atoms with E-state index in [-0.39, 0.29) is 11.8 Å². The molecule has 0 amide bonds. The molecule has 48 valence electrons. The molecule has 5 heteroatoms. The zero-order valence-corrected chi connectivity index (χ0v) is 4.84. The van der Waals surface area contributed by atoms with Crippen molar-refractivity contribution in [3.8, 4) is 0 Å². The molecular formula is C3H4F2O2S. The first-order chi connectivity index (χ1) is 3.50. The quantitative estimate of drug-likeness (QED) is 0.625. The van der Waals surface area contributed by atoms with Gasteiger partial charge in [0, 0.05) is 0 Å². The van der Waals surface area contributed by atoms with Crippen molar-refractivity contribution in [3.63, 3.8) is 0 Å². The fourth-order valence-corrected chi connectivity index (χ4v) is 0.262. The summed E-state index contributed by atoms with van der Waals surface area (Å²) in [4.78, 5) is 9.48. The summed E-state index contributed by atoms with van der Waals surface area (Å²) < 4.78 is 23.3. The Balaban J connectivity index is 3.91. The number of carboxylic acid groups (broad SMARTS) is 1. The van der Waals surface area contributed by atoms with E-state index in [0.717, 1.165) is 6.26 Å². The molecule has 0 aromatic carbocycles. The number of carboxylic acids is 1. The van der Waals surface area contributed by atoms with Crippen LogP contribution in [0.25, 0.3) is 0 Å². The molecule has 0 radical (unpaired) electrons. The summed E-state index contributed by atoms with van der Waals surface area (Å²) in [6.07, 6.45) is 1.04. The van der Waals surface area contributed by atoms with Gasteiger partial charge in [0.25, 0.3) is 0 Å². The topological polar surface area (TPSA) is 37.3 Å². The minimum Gasteiger partial charge on any atom is -0.476 e. The number of aliphatic carboxylic acids is 1. The third-order valence-corrected chi connectivity index (χ3v) is 1.19. The summed E-state index contributed by atoms with van der Waals surface area (Å²) in [5.74, 6) is -2.09. The molecule has 0 rings (SSSR count). The van der Waals surface area contributed by atoms with Gasteiger partial charge in [0.1, 0.15) is 0 Å². The van der Waals surface area contributed by atoms with Crippen LogP contribution >= 0.6 is 11.8 Å². The van der Waals surface area contributed by atoms with Crippen LogP contribution in [0.5, 0.6) is 0 Å². The van der Waals surface area contributed by atoms with E-state index < -0.39 is 11.2 Å². The first-order valence-corrected chi connectivity index (χ1v) is 2.89. The number of hydrogen-bond donors (Lipinski definition) is 1. The molecule has 0 bridgehead atoms. The smallest absolute Gasteiger partial charge is 0.388 e. The van der Waals surface area contributed by atoms with E-state index in [9.17, 15) is 13.6 Å². The Morgan fingerprint density at radius 1 is 1.75 bits per heavy atom. The van der Waals surface area contributed by atoms with Crippen molar-refractivity contribution in [3.05, 3.63) is 0 Å². The summed E-state index contributed by atoms with van der Waals surface area (Å²) >= 11 is 0.00231. The number of rotatable bonds is 2. The van der Waals surface area contributed by atoms with Crippen LogP contribution in [-0.4, -0.2) is 22.6 Å². The summed E-state index contributed by atoms with van der Waals surface area (Å²) in [5, 5.41) is 4.05. The third kappa shape index (κ3) is 1.65. The zero-order valence-electron chi connectivity index (χ0n) is 4.02. The van der Waals surface area contributed by atoms with Gasteiger partial charge >= 0.3 is 11.2 Å². The molecule has 0 fully saturated rings. The standard InChI is InChI=1S/C3H4F2O2S/c1-8-3(4,5)2(6)7/h1H3,(H,6,7). The molecule has 0 atom stereocenters. The van der Waals surface area contributed by atoms with Crippen molar-refractivity contribution in [2.24, 2.45) is 0 Å². The lowest BCUT2D eigenvalue weighted by molar-refractivity contribution is -0.152. The number of alkyl halides is 2. The number of halogens is 2. The summed E-state index contributed by atoms with van der Waals surface area (Å²) in [5.41, 5.74) is 0. The first-order valence-electron chi connectivity index (χ1n) is 1.67. The van der Waals surface area contributed by atoms with Gasteiger partial charge in [-0.25, -0.2) is 4.79 Å². The lowest BCUT2D eigenvalue weighted by atomic mass is 10.7. The van der Waals surface area contributed by atoms with Gasteiger partial charge < -0.3 is 5.11 Å². The third-order valence-electron chi connectivity index (χ3n) is 0.505. The predicted molar refractivity (Wildman–Crippen MR) is 26.1 cm³/mol. The molecule has 0 saturated carbocycles. The highest BCUT2D eigenvalue weighted by Gasteiger charge is 2.37. The van der Waals surface area contributed by atoms with E-state index in [1.54, 1.807) is 0 Å². The molecule has 0 aromatic rings. The Hall–Kier alpha value is -0.320. The van der Waals surface area contributed by atoms with Gasteiger partial charge in [-0.2, -0.15) is 8.78 Å². The van der Waals surface area contributed by atoms with Crippen LogP contribution in [0.2, 0.25) is 0 Å². The fourth-order valence-electron chi connectivity index (χ4n) is 0.0873. The van der Waals surface area contributed by atoms with Crippen molar-refractivity contribution in [2.75, 3.05) is 6.26 Å². The molecule has 1 N–H and O–H groups in total. The van der Waals surface area contributed by atoms with Gasteiger partial charge in [-0.05, 0) is 6.26 Å². The molecule has 0 spiro atoms. The molecule has 0 aliphatic heterocycles. The zero-order chi connectivity index (χ0) is 6.78. The van der Waals surface area contributed by atoms with E-state index in [1.807, 2.05) is 0 Å². The summed E-state index contributed by atoms with van der Waals surface area (Å²) in [6, 6.07) is 0. The largest absolute Gasteiger partial charge is 0.476 e. The Morgan fingerprint density at radius 3 is 2.12 bits per heavy atom. The number of hydrogen-bond acceptors (Lipinski definition) is 2. The average molecular weight is 142 g/mol. The van der Waals surface area contributed by atoms with Crippen LogP contribution in [0.15, 0.2) is 0 Å². The maximum atomic E-state index is 11.6. The van der Waals surface area contributed by atoms with Crippen LogP contribution < -0.4 is 0 Å². The van der Waals surface area contributed by atoms with Crippen molar-refractivity contribution in [2.45, 2.75) is 5.25 Å². The predicted octanol–water partition coefficient (Wildman–Crippen LogP) is 1.03. The summed E-state index contributed by atoms with van der Waals surface area (Å²) in [6.45, 7) is 0. The Morgan fingerprint density at radius 2 is 2.12 bits per heavy atom. The monoisotopic (exact) mass is 142 g/mol. The van der Waals surface area contributed by atoms with Crippen LogP contribution in [0.4, 0.5) is 8.78 Å². The minimum atomic E-state index is -3.62. The maximum absolute atomic E-state index is 11.6. The van der Waals surface area contributed by atoms with E-state index in [4.69, 9.17) is 5.11 Å². The van der Waals surface area contributed by atoms with E-state index in [2.05, 4.69) is 0 Å². The SMILES string of the molecule is CSC(F)(F)C(=O)O. The Labute approximate surface area is 48.9 Å². The molecule has 8 heavy (non-hydrogen) atoms. The highest BCUT2D eigenvalue weighted by atomic mass is 32.2. The molecule has 0 aliphatic rings. The lowest BCUT2D eigenvalue weighted by Crippen LogP contribution is -2.22. The average Bonchev–Trinajstić information content (AvgIpc) is 1.67. The number of carbonyl (C=O) groups is 1. The second-order valence-electron chi connectivity index (χ2n) is 1.03. The van der Waals surface area contributed by atoms with E-state index in [0.29, 0.717) is 0 Å². The van der Waals surface area contributed by atoms with Gasteiger partial charge in [-0.15, -0.1) is 0 Å². The van der Waals surface area contributed by atoms with Crippen LogP contribution in [0.1, 0.15) is 0 Å². The van der Waals surface area contributed by atoms with E-state index in [1.165, 1.54) is 0 Å². The molecule has 0 heterocycles. The molecule has 0 aliphatic carbocycles. The second kappa shape index (κ2) is 2.30. The summed E-state index contributed by atoms with van der Waals surface area (Å²) in [7, 11) is 0. The van der Waals surface area contributed by atoms with Gasteiger partial charge in [-0.1, -0.05) is 11.8 Å². The molecule has 0 aromatic heterocycles. The van der Waals surface area contributed by atoms with Gasteiger partial charge in [0.2, 0.25) is 0 Å². The highest BCUT2D eigenvalue weighted by molar-refractivity contribution is 8.00. The van der Waals surface area contributed by atoms with Crippen molar-refractivity contribution < 1.29 is 18.7 Å².